The monoisotopic (exact) mass is 1060 g/mol. The van der Waals surface area contributed by atoms with Gasteiger partial charge in [-0.1, -0.05) is 59.9 Å². The lowest BCUT2D eigenvalue weighted by Gasteiger charge is -2.39. The van der Waals surface area contributed by atoms with Crippen molar-refractivity contribution in [1.82, 2.24) is 34.9 Å². The molecule has 1 atom stereocenters. The van der Waals surface area contributed by atoms with Gasteiger partial charge in [-0.25, -0.2) is 14.8 Å². The SMILES string of the molecule is Cc1c(OCCCN2CCN(CC3CCN(c4cccc5c(C6CCC(=O)NC6=O)nn(C)c45)CC3)CC2)cccc1-c1ccc(N2CCc3cccc(C(=O)Nc4nc5ccccc5s4)c3C2)nc1C(=O)OC(C)(C)C. The highest BCUT2D eigenvalue weighted by atomic mass is 32.1. The molecule has 77 heavy (non-hydrogen) atoms. The number of fused-ring (bicyclic) bond motifs is 3. The normalized spacial score (nSPS) is 17.9. The van der Waals surface area contributed by atoms with Gasteiger partial charge in [0.15, 0.2) is 10.8 Å². The van der Waals surface area contributed by atoms with Crippen LogP contribution in [0.2, 0.25) is 0 Å². The summed E-state index contributed by atoms with van der Waals surface area (Å²) in [6.45, 7) is 17.5. The number of carbonyl (C=O) groups excluding carboxylic acids is 4. The third-order valence-corrected chi connectivity index (χ3v) is 16.6. The molecule has 0 spiro atoms. The molecule has 0 radical (unpaired) electrons. The summed E-state index contributed by atoms with van der Waals surface area (Å²) in [5.74, 6) is 0.458. The van der Waals surface area contributed by atoms with Gasteiger partial charge >= 0.3 is 5.97 Å². The Kier molecular flexibility index (Phi) is 14.8. The molecule has 4 aliphatic heterocycles. The Morgan fingerprint density at radius 3 is 2.38 bits per heavy atom. The Labute approximate surface area is 453 Å². The summed E-state index contributed by atoms with van der Waals surface area (Å²) in [7, 11) is 1.95. The smallest absolute Gasteiger partial charge is 0.358 e. The largest absolute Gasteiger partial charge is 0.493 e. The van der Waals surface area contributed by atoms with Crippen LogP contribution in [0, 0.1) is 12.8 Å². The molecule has 1 unspecified atom stereocenters. The van der Waals surface area contributed by atoms with Gasteiger partial charge in [0.25, 0.3) is 5.91 Å². The van der Waals surface area contributed by atoms with Crippen LogP contribution < -0.4 is 25.2 Å². The minimum Gasteiger partial charge on any atom is -0.493 e. The second-order valence-electron chi connectivity index (χ2n) is 22.0. The van der Waals surface area contributed by atoms with Crippen LogP contribution in [0.4, 0.5) is 16.6 Å². The predicted molar refractivity (Wildman–Crippen MR) is 302 cm³/mol. The number of piperazine rings is 1. The first-order chi connectivity index (χ1) is 37.2. The molecule has 3 amide bonds. The number of piperidine rings is 2. The molecule has 7 aromatic rings. The van der Waals surface area contributed by atoms with Gasteiger partial charge < -0.3 is 29.1 Å². The third kappa shape index (κ3) is 11.3. The van der Waals surface area contributed by atoms with Gasteiger partial charge in [0.2, 0.25) is 11.8 Å². The number of aryl methyl sites for hydroxylation is 1. The zero-order chi connectivity index (χ0) is 53.4. The van der Waals surface area contributed by atoms with Gasteiger partial charge in [-0.05, 0) is 130 Å². The van der Waals surface area contributed by atoms with Crippen LogP contribution in [0.5, 0.6) is 5.75 Å². The summed E-state index contributed by atoms with van der Waals surface area (Å²) in [5.41, 5.74) is 8.40. The van der Waals surface area contributed by atoms with E-state index in [4.69, 9.17) is 19.6 Å². The second-order valence-corrected chi connectivity index (χ2v) is 23.0. The first kappa shape index (κ1) is 51.9. The summed E-state index contributed by atoms with van der Waals surface area (Å²) in [4.78, 5) is 71.9. The van der Waals surface area contributed by atoms with E-state index in [0.717, 1.165) is 132 Å². The van der Waals surface area contributed by atoms with Gasteiger partial charge in [-0.2, -0.15) is 5.10 Å². The van der Waals surface area contributed by atoms with Gasteiger partial charge in [0, 0.05) is 95.4 Å². The number of para-hydroxylation sites is 2. The highest BCUT2D eigenvalue weighted by Gasteiger charge is 2.34. The van der Waals surface area contributed by atoms with Crippen LogP contribution in [0.15, 0.2) is 91.0 Å². The van der Waals surface area contributed by atoms with Gasteiger partial charge in [0.05, 0.1) is 39.6 Å². The van der Waals surface area contributed by atoms with Crippen molar-refractivity contribution < 1.29 is 28.7 Å². The minimum absolute atomic E-state index is 0.208. The molecule has 3 aromatic heterocycles. The number of benzene rings is 4. The van der Waals surface area contributed by atoms with E-state index < -0.39 is 17.5 Å². The van der Waals surface area contributed by atoms with Crippen molar-refractivity contribution in [1.29, 1.82) is 0 Å². The van der Waals surface area contributed by atoms with Crippen molar-refractivity contribution in [3.63, 3.8) is 0 Å². The number of aromatic nitrogens is 4. The number of hydrogen-bond donors (Lipinski definition) is 2. The Balaban J connectivity index is 0.680. The first-order valence-electron chi connectivity index (χ1n) is 27.2. The van der Waals surface area contributed by atoms with Gasteiger partial charge in [0.1, 0.15) is 17.2 Å². The molecule has 0 saturated carbocycles. The minimum atomic E-state index is -0.735. The molecule has 11 rings (SSSR count). The average molecular weight is 1060 g/mol. The Hall–Kier alpha value is -7.21. The lowest BCUT2D eigenvalue weighted by molar-refractivity contribution is -0.134. The van der Waals surface area contributed by atoms with Crippen molar-refractivity contribution in [3.8, 4) is 16.9 Å². The van der Waals surface area contributed by atoms with Crippen LogP contribution >= 0.6 is 11.3 Å². The number of ether oxygens (including phenoxy) is 2. The molecule has 4 aromatic carbocycles. The number of esters is 1. The number of hydrogen-bond acceptors (Lipinski definition) is 14. The molecule has 3 saturated heterocycles. The summed E-state index contributed by atoms with van der Waals surface area (Å²) in [5, 5.41) is 11.9. The van der Waals surface area contributed by atoms with Crippen molar-refractivity contribution in [3.05, 3.63) is 125 Å². The number of anilines is 3. The second kappa shape index (κ2) is 22.0. The topological polar surface area (TPSA) is 167 Å². The fourth-order valence-electron chi connectivity index (χ4n) is 11.7. The highest BCUT2D eigenvalue weighted by molar-refractivity contribution is 7.22. The standard InChI is InChI=1S/C60H68N10O6S/c1-38-41(42-20-22-51(62-54(42)58(74)76-60(2,3)4)70-30-26-40-12-8-14-43(46(40)37-70)56(72)64-59-61-47-16-6-7-19-50(47)77-59)13-10-18-49(38)75-35-11-27-67-31-33-68(34-32-67)36-39-24-28-69(29-25-39)48-17-9-15-44-53(65-66(5)55(44)48)45-21-23-52(71)63-57(45)73/h6-10,12-20,22,39,45H,11,21,23-37H2,1-5H3,(H,61,64,72)(H,63,71,73). The number of pyridine rings is 1. The van der Waals surface area contributed by atoms with Crippen LogP contribution in [0.25, 0.3) is 32.2 Å². The van der Waals surface area contributed by atoms with E-state index in [1.807, 2.05) is 106 Å². The van der Waals surface area contributed by atoms with E-state index in [1.54, 1.807) is 0 Å². The fraction of sp³-hybridized carbons (Fsp3) is 0.417. The lowest BCUT2D eigenvalue weighted by atomic mass is 9.92. The molecule has 16 nitrogen and oxygen atoms in total. The van der Waals surface area contributed by atoms with Crippen molar-refractivity contribution in [2.75, 3.05) is 80.6 Å². The number of nitrogens with one attached hydrogen (secondary N) is 2. The predicted octanol–water partition coefficient (Wildman–Crippen LogP) is 9.15. The van der Waals surface area contributed by atoms with E-state index in [0.29, 0.717) is 67.0 Å². The summed E-state index contributed by atoms with van der Waals surface area (Å²) < 4.78 is 15.4. The molecule has 4 aliphatic rings. The lowest BCUT2D eigenvalue weighted by Crippen LogP contribution is -2.49. The maximum Gasteiger partial charge on any atom is 0.358 e. The number of thiazole rings is 1. The number of nitrogens with zero attached hydrogens (tertiary/aromatic N) is 8. The molecular formula is C60H68N10O6S. The van der Waals surface area contributed by atoms with Gasteiger partial charge in [-0.3, -0.25) is 29.7 Å². The molecule has 17 heteroatoms. The molecule has 3 fully saturated rings. The number of carbonyl (C=O) groups is 4. The van der Waals surface area contributed by atoms with E-state index in [1.165, 1.54) is 11.3 Å². The summed E-state index contributed by atoms with van der Waals surface area (Å²) >= 11 is 1.45. The zero-order valence-corrected chi connectivity index (χ0v) is 45.6. The third-order valence-electron chi connectivity index (χ3n) is 15.7. The number of rotatable bonds is 14. The van der Waals surface area contributed by atoms with Crippen LogP contribution in [0.3, 0.4) is 0 Å². The van der Waals surface area contributed by atoms with Crippen LogP contribution in [-0.4, -0.2) is 124 Å². The Morgan fingerprint density at radius 1 is 0.805 bits per heavy atom. The Bertz CT molecular complexity index is 3330. The van der Waals surface area contributed by atoms with Crippen LogP contribution in [-0.2, 0) is 34.3 Å². The molecule has 0 aliphatic carbocycles. The Morgan fingerprint density at radius 2 is 1.58 bits per heavy atom. The van der Waals surface area contributed by atoms with Crippen molar-refractivity contribution in [2.24, 2.45) is 13.0 Å². The maximum atomic E-state index is 14.1. The zero-order valence-electron chi connectivity index (χ0n) is 44.8. The summed E-state index contributed by atoms with van der Waals surface area (Å²) in [6, 6.07) is 29.9. The highest BCUT2D eigenvalue weighted by Crippen LogP contribution is 2.38. The quantitative estimate of drug-likeness (QED) is 0.0602. The molecule has 7 heterocycles. The molecule has 400 valence electrons. The maximum absolute atomic E-state index is 14.1. The van der Waals surface area contributed by atoms with E-state index in [2.05, 4.69) is 59.5 Å². The van der Waals surface area contributed by atoms with Crippen molar-refractivity contribution >= 4 is 72.8 Å². The molecule has 0 bridgehead atoms. The molecule has 2 N–H and O–H groups in total. The number of imide groups is 1. The summed E-state index contributed by atoms with van der Waals surface area (Å²) in [6.07, 6.45) is 4.68. The first-order valence-corrected chi connectivity index (χ1v) is 28.0. The van der Waals surface area contributed by atoms with E-state index >= 15 is 0 Å². The number of amides is 3. The van der Waals surface area contributed by atoms with Crippen molar-refractivity contribution in [2.45, 2.75) is 84.3 Å². The molecular weight excluding hydrogens is 989 g/mol. The van der Waals surface area contributed by atoms with E-state index in [9.17, 15) is 19.2 Å². The van der Waals surface area contributed by atoms with E-state index in [-0.39, 0.29) is 23.4 Å². The van der Waals surface area contributed by atoms with Crippen LogP contribution in [0.1, 0.15) is 102 Å². The average Bonchev–Trinajstić information content (AvgIpc) is 4.12. The fourth-order valence-corrected chi connectivity index (χ4v) is 12.5. The van der Waals surface area contributed by atoms with Gasteiger partial charge in [-0.15, -0.1) is 0 Å².